The van der Waals surface area contributed by atoms with Crippen molar-refractivity contribution in [2.45, 2.75) is 19.9 Å². The van der Waals surface area contributed by atoms with Gasteiger partial charge in [-0.3, -0.25) is 4.79 Å². The van der Waals surface area contributed by atoms with Crippen molar-refractivity contribution in [3.8, 4) is 0 Å². The molecular weight excluding hydrogens is 212 g/mol. The van der Waals surface area contributed by atoms with Crippen LogP contribution in [0.5, 0.6) is 0 Å². The topological polar surface area (TPSA) is 29.1 Å². The average Bonchev–Trinajstić information content (AvgIpc) is 2.22. The van der Waals surface area contributed by atoms with E-state index < -0.39 is 11.6 Å². The third-order valence-electron chi connectivity index (χ3n) is 2.46. The molecule has 0 saturated carbocycles. The lowest BCUT2D eigenvalue weighted by atomic mass is 9.95. The molecule has 88 valence electrons. The van der Waals surface area contributed by atoms with Gasteiger partial charge < -0.3 is 5.32 Å². The molecule has 0 spiro atoms. The number of Topliss-reactive ketones (excluding diaryl/α,β-unsaturated/α-hetero) is 1. The Morgan fingerprint density at radius 1 is 1.25 bits per heavy atom. The second-order valence-electron chi connectivity index (χ2n) is 4.00. The van der Waals surface area contributed by atoms with Gasteiger partial charge in [0.15, 0.2) is 17.4 Å². The Bertz CT molecular complexity index is 391. The smallest absolute Gasteiger partial charge is 0.180 e. The van der Waals surface area contributed by atoms with Crippen LogP contribution in [-0.4, -0.2) is 18.9 Å². The van der Waals surface area contributed by atoms with Gasteiger partial charge in [0, 0.05) is 5.56 Å². The quantitative estimate of drug-likeness (QED) is 0.800. The molecular formula is C12H15F2NO. The van der Waals surface area contributed by atoms with Crippen LogP contribution in [0.15, 0.2) is 18.2 Å². The molecule has 1 rings (SSSR count). The summed E-state index contributed by atoms with van der Waals surface area (Å²) in [6, 6.07) is 2.82. The first-order valence-corrected chi connectivity index (χ1v) is 5.14. The summed E-state index contributed by atoms with van der Waals surface area (Å²) in [5.41, 5.74) is 0.187. The molecule has 0 radical (unpaired) electrons. The Morgan fingerprint density at radius 2 is 1.88 bits per heavy atom. The monoisotopic (exact) mass is 227 g/mol. The van der Waals surface area contributed by atoms with Crippen LogP contribution in [-0.2, 0) is 0 Å². The molecule has 0 heterocycles. The third kappa shape index (κ3) is 2.64. The third-order valence-corrected chi connectivity index (χ3v) is 2.46. The fourth-order valence-electron chi connectivity index (χ4n) is 1.60. The molecule has 0 aliphatic heterocycles. The molecule has 0 aliphatic rings. The fraction of sp³-hybridized carbons (Fsp3) is 0.417. The summed E-state index contributed by atoms with van der Waals surface area (Å²) in [7, 11) is 1.67. The number of hydrogen-bond donors (Lipinski definition) is 1. The van der Waals surface area contributed by atoms with Gasteiger partial charge in [-0.2, -0.15) is 0 Å². The van der Waals surface area contributed by atoms with Gasteiger partial charge >= 0.3 is 0 Å². The fourth-order valence-corrected chi connectivity index (χ4v) is 1.60. The van der Waals surface area contributed by atoms with Gasteiger partial charge in [0.05, 0.1) is 6.04 Å². The first-order chi connectivity index (χ1) is 7.47. The molecule has 0 amide bonds. The highest BCUT2D eigenvalue weighted by Gasteiger charge is 2.22. The summed E-state index contributed by atoms with van der Waals surface area (Å²) in [5.74, 6) is -2.08. The zero-order valence-corrected chi connectivity index (χ0v) is 9.55. The number of carbonyl (C=O) groups excluding carboxylic acids is 1. The Morgan fingerprint density at radius 3 is 2.31 bits per heavy atom. The average molecular weight is 227 g/mol. The number of rotatable bonds is 4. The van der Waals surface area contributed by atoms with Crippen molar-refractivity contribution in [1.82, 2.24) is 5.32 Å². The highest BCUT2D eigenvalue weighted by Crippen LogP contribution is 2.13. The van der Waals surface area contributed by atoms with Gasteiger partial charge in [-0.15, -0.1) is 0 Å². The highest BCUT2D eigenvalue weighted by atomic mass is 19.2. The number of hydrogen-bond acceptors (Lipinski definition) is 2. The molecule has 0 bridgehead atoms. The van der Waals surface area contributed by atoms with Crippen molar-refractivity contribution in [1.29, 1.82) is 0 Å². The Kier molecular flexibility index (Phi) is 4.12. The Hall–Kier alpha value is -1.29. The normalized spacial score (nSPS) is 12.9. The second-order valence-corrected chi connectivity index (χ2v) is 4.00. The van der Waals surface area contributed by atoms with Crippen molar-refractivity contribution in [3.05, 3.63) is 35.4 Å². The van der Waals surface area contributed by atoms with E-state index >= 15 is 0 Å². The maximum absolute atomic E-state index is 13.0. The zero-order chi connectivity index (χ0) is 12.3. The van der Waals surface area contributed by atoms with E-state index in [1.54, 1.807) is 7.05 Å². The van der Waals surface area contributed by atoms with Crippen LogP contribution >= 0.6 is 0 Å². The minimum Gasteiger partial charge on any atom is -0.310 e. The number of halogens is 2. The second kappa shape index (κ2) is 5.16. The van der Waals surface area contributed by atoms with Crippen LogP contribution in [0.1, 0.15) is 24.2 Å². The number of ketones is 1. The molecule has 1 unspecified atom stereocenters. The summed E-state index contributed by atoms with van der Waals surface area (Å²) in [6.07, 6.45) is 0. The van der Waals surface area contributed by atoms with E-state index in [1.165, 1.54) is 6.07 Å². The molecule has 1 aromatic carbocycles. The molecule has 4 heteroatoms. The van der Waals surface area contributed by atoms with Crippen molar-refractivity contribution >= 4 is 5.78 Å². The van der Waals surface area contributed by atoms with Crippen molar-refractivity contribution < 1.29 is 13.6 Å². The minimum absolute atomic E-state index is 0.0885. The molecule has 16 heavy (non-hydrogen) atoms. The van der Waals surface area contributed by atoms with Crippen LogP contribution in [0.3, 0.4) is 0 Å². The Balaban J connectivity index is 2.99. The number of benzene rings is 1. The molecule has 0 saturated heterocycles. The van der Waals surface area contributed by atoms with E-state index in [0.29, 0.717) is 0 Å². The number of likely N-dealkylation sites (N-methyl/N-ethyl adjacent to an activating group) is 1. The lowest BCUT2D eigenvalue weighted by Gasteiger charge is -2.18. The first-order valence-electron chi connectivity index (χ1n) is 5.14. The van der Waals surface area contributed by atoms with E-state index in [9.17, 15) is 13.6 Å². The molecule has 1 aromatic rings. The molecule has 0 fully saturated rings. The van der Waals surface area contributed by atoms with Gasteiger partial charge in [-0.25, -0.2) is 8.78 Å². The summed E-state index contributed by atoms with van der Waals surface area (Å²) in [5, 5.41) is 2.87. The molecule has 1 N–H and O–H groups in total. The Labute approximate surface area is 93.7 Å². The van der Waals surface area contributed by atoms with Crippen LogP contribution in [0.2, 0.25) is 0 Å². The van der Waals surface area contributed by atoms with E-state index in [2.05, 4.69) is 5.32 Å². The van der Waals surface area contributed by atoms with Gasteiger partial charge in [0.25, 0.3) is 0 Å². The van der Waals surface area contributed by atoms with E-state index in [1.807, 2.05) is 13.8 Å². The first kappa shape index (κ1) is 12.8. The standard InChI is InChI=1S/C12H15F2NO/c1-7(2)11(15-3)12(16)8-4-5-9(13)10(14)6-8/h4-7,11,15H,1-3H3. The van der Waals surface area contributed by atoms with Crippen molar-refractivity contribution in [2.75, 3.05) is 7.05 Å². The lowest BCUT2D eigenvalue weighted by molar-refractivity contribution is 0.0922. The molecule has 0 aromatic heterocycles. The lowest BCUT2D eigenvalue weighted by Crippen LogP contribution is -2.38. The number of carbonyl (C=O) groups is 1. The summed E-state index contributed by atoms with van der Waals surface area (Å²) in [4.78, 5) is 11.9. The van der Waals surface area contributed by atoms with Crippen LogP contribution in [0.4, 0.5) is 8.78 Å². The zero-order valence-electron chi connectivity index (χ0n) is 9.55. The van der Waals surface area contributed by atoms with Gasteiger partial charge in [-0.1, -0.05) is 13.8 Å². The summed E-state index contributed by atoms with van der Waals surface area (Å²) in [6.45, 7) is 3.78. The molecule has 0 aliphatic carbocycles. The maximum Gasteiger partial charge on any atom is 0.180 e. The predicted octanol–water partition coefficient (Wildman–Crippen LogP) is 2.39. The van der Waals surface area contributed by atoms with Crippen LogP contribution in [0, 0.1) is 17.6 Å². The van der Waals surface area contributed by atoms with Crippen molar-refractivity contribution in [3.63, 3.8) is 0 Å². The van der Waals surface area contributed by atoms with E-state index in [-0.39, 0.29) is 23.3 Å². The van der Waals surface area contributed by atoms with Gasteiger partial charge in [0.2, 0.25) is 0 Å². The summed E-state index contributed by atoms with van der Waals surface area (Å²) >= 11 is 0. The minimum atomic E-state index is -0.996. The summed E-state index contributed by atoms with van der Waals surface area (Å²) < 4.78 is 25.7. The largest absolute Gasteiger partial charge is 0.310 e. The maximum atomic E-state index is 13.0. The van der Waals surface area contributed by atoms with E-state index in [0.717, 1.165) is 12.1 Å². The molecule has 1 atom stereocenters. The predicted molar refractivity (Wildman–Crippen MR) is 58.4 cm³/mol. The SMILES string of the molecule is CNC(C(=O)c1ccc(F)c(F)c1)C(C)C. The van der Waals surface area contributed by atoms with Gasteiger partial charge in [0.1, 0.15) is 0 Å². The van der Waals surface area contributed by atoms with Crippen molar-refractivity contribution in [2.24, 2.45) is 5.92 Å². The van der Waals surface area contributed by atoms with Crippen LogP contribution < -0.4 is 5.32 Å². The highest BCUT2D eigenvalue weighted by molar-refractivity contribution is 6.00. The number of nitrogens with one attached hydrogen (secondary N) is 1. The van der Waals surface area contributed by atoms with E-state index in [4.69, 9.17) is 0 Å². The van der Waals surface area contributed by atoms with Gasteiger partial charge in [-0.05, 0) is 31.2 Å². The molecule has 2 nitrogen and oxygen atoms in total. The van der Waals surface area contributed by atoms with Crippen LogP contribution in [0.25, 0.3) is 0 Å².